The second-order valence-corrected chi connectivity index (χ2v) is 6.26. The number of aryl methyl sites for hydroxylation is 2. The van der Waals surface area contributed by atoms with Crippen LogP contribution in [-0.2, 0) is 6.54 Å². The van der Waals surface area contributed by atoms with Gasteiger partial charge in [0.1, 0.15) is 11.6 Å². The summed E-state index contributed by atoms with van der Waals surface area (Å²) in [5.74, 6) is 2.21. The number of hydrazone groups is 1. The standard InChI is InChI=1S/C21H24N4O4/c1-6-25-13(2)23-16-9-14(7-8-17(16)25)21(26)24-22-12-15-10-19(28-4)20(29-5)11-18(15)27-3/h7-12H,6H2,1-5H3,(H,24,26)/b22-12+. The van der Waals surface area contributed by atoms with Crippen molar-refractivity contribution in [2.75, 3.05) is 21.3 Å². The van der Waals surface area contributed by atoms with Crippen molar-refractivity contribution < 1.29 is 19.0 Å². The Labute approximate surface area is 169 Å². The molecule has 0 saturated heterocycles. The number of carbonyl (C=O) groups excluding carboxylic acids is 1. The Morgan fingerprint density at radius 2 is 1.79 bits per heavy atom. The molecule has 0 radical (unpaired) electrons. The lowest BCUT2D eigenvalue weighted by Gasteiger charge is -2.11. The predicted octanol–water partition coefficient (Wildman–Crippen LogP) is 3.15. The summed E-state index contributed by atoms with van der Waals surface area (Å²) in [4.78, 5) is 17.0. The van der Waals surface area contributed by atoms with E-state index in [0.29, 0.717) is 28.4 Å². The molecule has 1 heterocycles. The SMILES string of the molecule is CCn1c(C)nc2cc(C(=O)N/N=C/c3cc(OC)c(OC)cc3OC)ccc21. The smallest absolute Gasteiger partial charge is 0.271 e. The lowest BCUT2D eigenvalue weighted by molar-refractivity contribution is 0.0955. The number of fused-ring (bicyclic) bond motifs is 1. The fourth-order valence-corrected chi connectivity index (χ4v) is 3.17. The molecule has 0 aliphatic carbocycles. The lowest BCUT2D eigenvalue weighted by atomic mass is 10.2. The van der Waals surface area contributed by atoms with Gasteiger partial charge in [0.25, 0.3) is 5.91 Å². The van der Waals surface area contributed by atoms with Crippen molar-refractivity contribution in [1.29, 1.82) is 0 Å². The van der Waals surface area contributed by atoms with Gasteiger partial charge >= 0.3 is 0 Å². The fourth-order valence-electron chi connectivity index (χ4n) is 3.17. The van der Waals surface area contributed by atoms with Gasteiger partial charge in [-0.15, -0.1) is 0 Å². The first kappa shape index (κ1) is 20.2. The average molecular weight is 396 g/mol. The van der Waals surface area contributed by atoms with Crippen molar-refractivity contribution in [3.8, 4) is 17.2 Å². The van der Waals surface area contributed by atoms with Crippen molar-refractivity contribution in [2.24, 2.45) is 5.10 Å². The normalized spacial score (nSPS) is 11.1. The summed E-state index contributed by atoms with van der Waals surface area (Å²) in [7, 11) is 4.64. The van der Waals surface area contributed by atoms with Crippen LogP contribution < -0.4 is 19.6 Å². The number of hydrogen-bond donors (Lipinski definition) is 1. The molecule has 0 aliphatic rings. The Balaban J connectivity index is 1.80. The number of amides is 1. The summed E-state index contributed by atoms with van der Waals surface area (Å²) < 4.78 is 18.0. The molecule has 0 atom stereocenters. The summed E-state index contributed by atoms with van der Waals surface area (Å²) in [5.41, 5.74) is 5.43. The summed E-state index contributed by atoms with van der Waals surface area (Å²) in [6.45, 7) is 4.83. The van der Waals surface area contributed by atoms with E-state index < -0.39 is 0 Å². The Morgan fingerprint density at radius 3 is 2.45 bits per heavy atom. The molecule has 8 heteroatoms. The van der Waals surface area contributed by atoms with Crippen LogP contribution in [0.4, 0.5) is 0 Å². The van der Waals surface area contributed by atoms with E-state index in [9.17, 15) is 4.79 Å². The second-order valence-electron chi connectivity index (χ2n) is 6.26. The number of carbonyl (C=O) groups is 1. The molecule has 3 aromatic rings. The monoisotopic (exact) mass is 396 g/mol. The van der Waals surface area contributed by atoms with Gasteiger partial charge in [-0.2, -0.15) is 5.10 Å². The quantitative estimate of drug-likeness (QED) is 0.490. The molecular formula is C21H24N4O4. The maximum Gasteiger partial charge on any atom is 0.271 e. The first-order valence-electron chi connectivity index (χ1n) is 9.12. The highest BCUT2D eigenvalue weighted by atomic mass is 16.5. The fraction of sp³-hybridized carbons (Fsp3) is 0.286. The minimum Gasteiger partial charge on any atom is -0.496 e. The third-order valence-electron chi connectivity index (χ3n) is 4.62. The minimum absolute atomic E-state index is 0.328. The summed E-state index contributed by atoms with van der Waals surface area (Å²) >= 11 is 0. The predicted molar refractivity (Wildman–Crippen MR) is 111 cm³/mol. The second kappa shape index (κ2) is 8.64. The first-order chi connectivity index (χ1) is 14.0. The van der Waals surface area contributed by atoms with Crippen molar-refractivity contribution >= 4 is 23.2 Å². The largest absolute Gasteiger partial charge is 0.496 e. The highest BCUT2D eigenvalue weighted by molar-refractivity contribution is 5.98. The van der Waals surface area contributed by atoms with Gasteiger partial charge in [-0.3, -0.25) is 4.79 Å². The van der Waals surface area contributed by atoms with Crippen LogP contribution in [0.1, 0.15) is 28.7 Å². The number of nitrogens with one attached hydrogen (secondary N) is 1. The summed E-state index contributed by atoms with van der Waals surface area (Å²) in [5, 5.41) is 4.05. The van der Waals surface area contributed by atoms with E-state index in [1.54, 1.807) is 45.6 Å². The van der Waals surface area contributed by atoms with Gasteiger partial charge < -0.3 is 18.8 Å². The van der Waals surface area contributed by atoms with Gasteiger partial charge in [0.2, 0.25) is 0 Å². The molecule has 0 bridgehead atoms. The van der Waals surface area contributed by atoms with Crippen LogP contribution in [0.15, 0.2) is 35.4 Å². The number of nitrogens with zero attached hydrogens (tertiary/aromatic N) is 3. The van der Waals surface area contributed by atoms with Gasteiger partial charge in [0, 0.05) is 23.7 Å². The van der Waals surface area contributed by atoms with Crippen molar-refractivity contribution in [3.63, 3.8) is 0 Å². The van der Waals surface area contributed by atoms with Gasteiger partial charge in [-0.05, 0) is 38.1 Å². The van der Waals surface area contributed by atoms with Gasteiger partial charge in [0.15, 0.2) is 11.5 Å². The number of aromatic nitrogens is 2. The number of imidazole rings is 1. The Bertz CT molecular complexity index is 1070. The number of ether oxygens (including phenoxy) is 3. The maximum atomic E-state index is 12.5. The van der Waals surface area contributed by atoms with Crippen molar-refractivity contribution in [1.82, 2.24) is 15.0 Å². The van der Waals surface area contributed by atoms with Crippen LogP contribution in [0.5, 0.6) is 17.2 Å². The number of hydrogen-bond acceptors (Lipinski definition) is 6. The Kier molecular flexibility index (Phi) is 6.01. The molecule has 152 valence electrons. The maximum absolute atomic E-state index is 12.5. The summed E-state index contributed by atoms with van der Waals surface area (Å²) in [6.07, 6.45) is 1.49. The van der Waals surface area contributed by atoms with E-state index in [1.165, 1.54) is 6.21 Å². The van der Waals surface area contributed by atoms with E-state index in [1.807, 2.05) is 13.0 Å². The highest BCUT2D eigenvalue weighted by Gasteiger charge is 2.12. The van der Waals surface area contributed by atoms with E-state index in [-0.39, 0.29) is 5.91 Å². The number of rotatable bonds is 7. The molecule has 0 fully saturated rings. The van der Waals surface area contributed by atoms with Gasteiger partial charge in [-0.1, -0.05) is 0 Å². The Hall–Kier alpha value is -3.55. The zero-order valence-electron chi connectivity index (χ0n) is 17.1. The molecule has 3 rings (SSSR count). The topological polar surface area (TPSA) is 87.0 Å². The average Bonchev–Trinajstić information content (AvgIpc) is 3.06. The molecule has 0 aliphatic heterocycles. The van der Waals surface area contributed by atoms with Crippen LogP contribution in [0, 0.1) is 6.92 Å². The van der Waals surface area contributed by atoms with Crippen molar-refractivity contribution in [3.05, 3.63) is 47.3 Å². The lowest BCUT2D eigenvalue weighted by Crippen LogP contribution is -2.17. The van der Waals surface area contributed by atoms with Crippen LogP contribution in [0.25, 0.3) is 11.0 Å². The van der Waals surface area contributed by atoms with Gasteiger partial charge in [-0.25, -0.2) is 10.4 Å². The molecular weight excluding hydrogens is 372 g/mol. The van der Waals surface area contributed by atoms with Crippen LogP contribution in [0.2, 0.25) is 0 Å². The Morgan fingerprint density at radius 1 is 1.10 bits per heavy atom. The zero-order chi connectivity index (χ0) is 21.0. The van der Waals surface area contributed by atoms with E-state index in [0.717, 1.165) is 23.4 Å². The van der Waals surface area contributed by atoms with E-state index in [4.69, 9.17) is 14.2 Å². The molecule has 8 nitrogen and oxygen atoms in total. The number of benzene rings is 2. The third-order valence-corrected chi connectivity index (χ3v) is 4.62. The van der Waals surface area contributed by atoms with Crippen LogP contribution >= 0.6 is 0 Å². The van der Waals surface area contributed by atoms with Crippen LogP contribution in [-0.4, -0.2) is 43.0 Å². The number of methoxy groups -OCH3 is 3. The third kappa shape index (κ3) is 4.01. The van der Waals surface area contributed by atoms with E-state index >= 15 is 0 Å². The molecule has 0 saturated carbocycles. The molecule has 1 aromatic heterocycles. The molecule has 1 N–H and O–H groups in total. The molecule has 0 unspecified atom stereocenters. The molecule has 1 amide bonds. The van der Waals surface area contributed by atoms with Crippen molar-refractivity contribution in [2.45, 2.75) is 20.4 Å². The molecule has 2 aromatic carbocycles. The molecule has 0 spiro atoms. The first-order valence-corrected chi connectivity index (χ1v) is 9.12. The minimum atomic E-state index is -0.328. The van der Waals surface area contributed by atoms with E-state index in [2.05, 4.69) is 27.0 Å². The van der Waals surface area contributed by atoms with Crippen LogP contribution in [0.3, 0.4) is 0 Å². The molecule has 29 heavy (non-hydrogen) atoms. The van der Waals surface area contributed by atoms with Gasteiger partial charge in [0.05, 0.1) is 38.6 Å². The summed E-state index contributed by atoms with van der Waals surface area (Å²) in [6, 6.07) is 8.84. The zero-order valence-corrected chi connectivity index (χ0v) is 17.1. The highest BCUT2D eigenvalue weighted by Crippen LogP contribution is 2.33.